The third-order valence-corrected chi connectivity index (χ3v) is 2.27. The summed E-state index contributed by atoms with van der Waals surface area (Å²) in [6.07, 6.45) is 0. The van der Waals surface area contributed by atoms with Crippen molar-refractivity contribution < 1.29 is 0 Å². The first-order chi connectivity index (χ1) is 5.09. The summed E-state index contributed by atoms with van der Waals surface area (Å²) in [4.78, 5) is 4.52. The molecule has 0 saturated carbocycles. The third kappa shape index (κ3) is 2.43. The van der Waals surface area contributed by atoms with E-state index in [1.807, 2.05) is 0 Å². The van der Waals surface area contributed by atoms with Crippen molar-refractivity contribution in [2.45, 2.75) is 6.04 Å². The van der Waals surface area contributed by atoms with E-state index in [0.717, 1.165) is 19.6 Å². The minimum absolute atomic E-state index is 0.377. The topological polar surface area (TPSA) is 32.5 Å². The Morgan fingerprint density at radius 2 is 2.09 bits per heavy atom. The summed E-state index contributed by atoms with van der Waals surface area (Å²) in [5.74, 6) is 0.662. The lowest BCUT2D eigenvalue weighted by atomic mass is 10.0. The van der Waals surface area contributed by atoms with Crippen molar-refractivity contribution in [1.82, 2.24) is 9.80 Å². The molecule has 11 heavy (non-hydrogen) atoms. The molecule has 2 N–H and O–H groups in total. The van der Waals surface area contributed by atoms with Crippen LogP contribution in [0.25, 0.3) is 0 Å². The maximum absolute atomic E-state index is 5.95. The summed E-state index contributed by atoms with van der Waals surface area (Å²) in [5, 5.41) is 0. The van der Waals surface area contributed by atoms with Gasteiger partial charge in [0, 0.05) is 31.6 Å². The highest BCUT2D eigenvalue weighted by molar-refractivity contribution is 4.86. The number of likely N-dealkylation sites (tertiary alicyclic amines) is 1. The molecular weight excluding hydrogens is 138 g/mol. The van der Waals surface area contributed by atoms with E-state index in [9.17, 15) is 0 Å². The number of nitrogens with two attached hydrogens (primary N) is 1. The molecule has 1 saturated heterocycles. The first kappa shape index (κ1) is 8.97. The molecule has 0 aromatic heterocycles. The van der Waals surface area contributed by atoms with Crippen LogP contribution in [0, 0.1) is 5.92 Å². The van der Waals surface area contributed by atoms with Gasteiger partial charge in [0.1, 0.15) is 0 Å². The molecule has 1 fully saturated rings. The summed E-state index contributed by atoms with van der Waals surface area (Å²) in [6, 6.07) is 0.377. The molecule has 0 spiro atoms. The number of hydrogen-bond donors (Lipinski definition) is 1. The predicted molar refractivity (Wildman–Crippen MR) is 47.5 cm³/mol. The maximum Gasteiger partial charge on any atom is 0.0221 e. The molecule has 1 heterocycles. The summed E-state index contributed by atoms with van der Waals surface area (Å²) >= 11 is 0. The second-order valence-electron chi connectivity index (χ2n) is 3.91. The van der Waals surface area contributed by atoms with Crippen LogP contribution in [-0.2, 0) is 0 Å². The van der Waals surface area contributed by atoms with Crippen molar-refractivity contribution in [1.29, 1.82) is 0 Å². The smallest absolute Gasteiger partial charge is 0.0221 e. The van der Waals surface area contributed by atoms with Crippen LogP contribution >= 0.6 is 0 Å². The van der Waals surface area contributed by atoms with Crippen LogP contribution < -0.4 is 5.73 Å². The quantitative estimate of drug-likeness (QED) is 0.583. The minimum Gasteiger partial charge on any atom is -0.326 e. The second-order valence-corrected chi connectivity index (χ2v) is 3.91. The Labute approximate surface area is 69.1 Å². The van der Waals surface area contributed by atoms with E-state index in [-0.39, 0.29) is 0 Å². The Morgan fingerprint density at radius 1 is 1.45 bits per heavy atom. The van der Waals surface area contributed by atoms with E-state index in [0.29, 0.717) is 12.0 Å². The Morgan fingerprint density at radius 3 is 2.45 bits per heavy atom. The zero-order valence-corrected chi connectivity index (χ0v) is 7.75. The lowest BCUT2D eigenvalue weighted by Gasteiger charge is -2.18. The van der Waals surface area contributed by atoms with Crippen LogP contribution in [0.4, 0.5) is 0 Å². The highest BCUT2D eigenvalue weighted by Crippen LogP contribution is 2.13. The average Bonchev–Trinajstić information content (AvgIpc) is 2.09. The lowest BCUT2D eigenvalue weighted by molar-refractivity contribution is 0.308. The predicted octanol–water partition coefficient (Wildman–Crippen LogP) is -0.563. The van der Waals surface area contributed by atoms with Crippen molar-refractivity contribution in [3.8, 4) is 0 Å². The van der Waals surface area contributed by atoms with Gasteiger partial charge in [-0.1, -0.05) is 0 Å². The minimum atomic E-state index is 0.377. The third-order valence-electron chi connectivity index (χ3n) is 2.27. The zero-order valence-electron chi connectivity index (χ0n) is 7.75. The molecule has 3 nitrogen and oxygen atoms in total. The van der Waals surface area contributed by atoms with E-state index in [4.69, 9.17) is 5.73 Å². The van der Waals surface area contributed by atoms with Gasteiger partial charge in [0.05, 0.1) is 0 Å². The van der Waals surface area contributed by atoms with Gasteiger partial charge >= 0.3 is 0 Å². The van der Waals surface area contributed by atoms with Crippen LogP contribution in [0.5, 0.6) is 0 Å². The molecule has 1 aliphatic heterocycles. The average molecular weight is 157 g/mol. The number of hydrogen-bond acceptors (Lipinski definition) is 3. The first-order valence-corrected chi connectivity index (χ1v) is 4.18. The van der Waals surface area contributed by atoms with Crippen LogP contribution in [0.15, 0.2) is 0 Å². The molecular formula is C8H19N3. The molecule has 0 aromatic rings. The molecule has 0 radical (unpaired) electrons. The Kier molecular flexibility index (Phi) is 2.87. The van der Waals surface area contributed by atoms with Gasteiger partial charge in [-0.2, -0.15) is 0 Å². The maximum atomic E-state index is 5.95. The van der Waals surface area contributed by atoms with Crippen molar-refractivity contribution in [2.75, 3.05) is 40.8 Å². The highest BCUT2D eigenvalue weighted by Gasteiger charge is 2.27. The van der Waals surface area contributed by atoms with Crippen molar-refractivity contribution >= 4 is 0 Å². The molecule has 0 aliphatic carbocycles. The fraction of sp³-hybridized carbons (Fsp3) is 1.00. The van der Waals surface area contributed by atoms with E-state index in [2.05, 4.69) is 30.9 Å². The second kappa shape index (κ2) is 3.52. The van der Waals surface area contributed by atoms with Gasteiger partial charge in [0.2, 0.25) is 0 Å². The standard InChI is InChI=1S/C8H19N3/c1-10(2)4-7-5-11(3)6-8(7)9/h7-8H,4-6,9H2,1-3H3. The van der Waals surface area contributed by atoms with Gasteiger partial charge in [-0.05, 0) is 21.1 Å². The molecule has 1 aliphatic rings. The van der Waals surface area contributed by atoms with Gasteiger partial charge in [-0.15, -0.1) is 0 Å². The number of rotatable bonds is 2. The zero-order chi connectivity index (χ0) is 8.43. The molecule has 2 unspecified atom stereocenters. The van der Waals surface area contributed by atoms with Gasteiger partial charge in [0.25, 0.3) is 0 Å². The lowest BCUT2D eigenvalue weighted by Crippen LogP contribution is -2.35. The first-order valence-electron chi connectivity index (χ1n) is 4.18. The van der Waals surface area contributed by atoms with Crippen molar-refractivity contribution in [3.63, 3.8) is 0 Å². The molecule has 2 atom stereocenters. The van der Waals surface area contributed by atoms with E-state index < -0.39 is 0 Å². The number of nitrogens with zero attached hydrogens (tertiary/aromatic N) is 2. The largest absolute Gasteiger partial charge is 0.326 e. The van der Waals surface area contributed by atoms with Crippen molar-refractivity contribution in [2.24, 2.45) is 11.7 Å². The van der Waals surface area contributed by atoms with Gasteiger partial charge in [-0.3, -0.25) is 0 Å². The van der Waals surface area contributed by atoms with Gasteiger partial charge in [0.15, 0.2) is 0 Å². The normalized spacial score (nSPS) is 33.5. The Hall–Kier alpha value is -0.120. The molecule has 0 amide bonds. The monoisotopic (exact) mass is 157 g/mol. The van der Waals surface area contributed by atoms with E-state index in [1.54, 1.807) is 0 Å². The molecule has 0 aromatic carbocycles. The summed E-state index contributed by atoms with van der Waals surface area (Å²) in [7, 11) is 6.34. The van der Waals surface area contributed by atoms with E-state index >= 15 is 0 Å². The highest BCUT2D eigenvalue weighted by atomic mass is 15.2. The summed E-state index contributed by atoms with van der Waals surface area (Å²) in [5.41, 5.74) is 5.95. The van der Waals surface area contributed by atoms with Crippen LogP contribution in [0.3, 0.4) is 0 Å². The van der Waals surface area contributed by atoms with Crippen LogP contribution in [0.1, 0.15) is 0 Å². The van der Waals surface area contributed by atoms with Gasteiger partial charge in [-0.25, -0.2) is 0 Å². The summed E-state index contributed by atoms with van der Waals surface area (Å²) in [6.45, 7) is 3.32. The van der Waals surface area contributed by atoms with Gasteiger partial charge < -0.3 is 15.5 Å². The number of likely N-dealkylation sites (N-methyl/N-ethyl adjacent to an activating group) is 1. The molecule has 66 valence electrons. The van der Waals surface area contributed by atoms with Crippen LogP contribution in [0.2, 0.25) is 0 Å². The SMILES string of the molecule is CN(C)CC1CN(C)CC1N. The fourth-order valence-electron chi connectivity index (χ4n) is 1.78. The van der Waals surface area contributed by atoms with Crippen molar-refractivity contribution in [3.05, 3.63) is 0 Å². The van der Waals surface area contributed by atoms with Crippen LogP contribution in [-0.4, -0.2) is 56.6 Å². The summed E-state index contributed by atoms with van der Waals surface area (Å²) < 4.78 is 0. The fourth-order valence-corrected chi connectivity index (χ4v) is 1.78. The Balaban J connectivity index is 2.34. The molecule has 3 heteroatoms. The molecule has 1 rings (SSSR count). The Bertz CT molecular complexity index is 125. The molecule has 0 bridgehead atoms. The van der Waals surface area contributed by atoms with E-state index in [1.165, 1.54) is 0 Å².